The number of anilines is 1. The molecule has 1 amide bonds. The van der Waals surface area contributed by atoms with E-state index in [4.69, 9.17) is 0 Å². The predicted molar refractivity (Wildman–Crippen MR) is 107 cm³/mol. The van der Waals surface area contributed by atoms with E-state index in [1.165, 1.54) is 16.4 Å². The Balaban J connectivity index is 1.56. The van der Waals surface area contributed by atoms with Crippen molar-refractivity contribution in [3.05, 3.63) is 89.7 Å². The molecule has 142 valence electrons. The molecule has 3 aromatic rings. The zero-order chi connectivity index (χ0) is 19.6. The summed E-state index contributed by atoms with van der Waals surface area (Å²) in [6.07, 6.45) is 2.34. The first-order valence-corrected chi connectivity index (χ1v) is 10.4. The van der Waals surface area contributed by atoms with Gasteiger partial charge in [-0.15, -0.1) is 0 Å². The van der Waals surface area contributed by atoms with Gasteiger partial charge in [0.05, 0.1) is 22.8 Å². The van der Waals surface area contributed by atoms with Gasteiger partial charge >= 0.3 is 0 Å². The van der Waals surface area contributed by atoms with Crippen molar-refractivity contribution < 1.29 is 13.2 Å². The van der Waals surface area contributed by atoms with Crippen LogP contribution in [0.15, 0.2) is 77.8 Å². The van der Waals surface area contributed by atoms with E-state index < -0.39 is 10.0 Å². The molecule has 6 nitrogen and oxygen atoms in total. The number of aromatic nitrogens is 1. The number of hydrogen-bond donors (Lipinski definition) is 1. The molecular weight excluding hydrogens is 374 g/mol. The van der Waals surface area contributed by atoms with Gasteiger partial charge in [-0.05, 0) is 48.4 Å². The molecule has 1 N–H and O–H groups in total. The largest absolute Gasteiger partial charge is 0.346 e. The third-order valence-electron chi connectivity index (χ3n) is 4.68. The van der Waals surface area contributed by atoms with Crippen molar-refractivity contribution in [2.75, 3.05) is 10.8 Å². The summed E-state index contributed by atoms with van der Waals surface area (Å²) in [6, 6.07) is 19.1. The molecule has 0 spiro atoms. The summed E-state index contributed by atoms with van der Waals surface area (Å²) >= 11 is 0. The van der Waals surface area contributed by atoms with Crippen molar-refractivity contribution in [2.24, 2.45) is 0 Å². The Hall–Kier alpha value is -3.19. The van der Waals surface area contributed by atoms with Crippen molar-refractivity contribution in [3.63, 3.8) is 0 Å². The molecule has 2 heterocycles. The lowest BCUT2D eigenvalue weighted by atomic mass is 10.2. The summed E-state index contributed by atoms with van der Waals surface area (Å²) in [5, 5.41) is 2.77. The second-order valence-corrected chi connectivity index (χ2v) is 8.35. The number of sulfonamides is 1. The maximum Gasteiger partial charge on any atom is 0.264 e. The number of nitrogens with zero attached hydrogens (tertiary/aromatic N) is 2. The molecule has 0 atom stereocenters. The standard InChI is InChI=1S/C21H19N3O3S/c25-21(23-15-18-8-3-4-12-22-18)17-7-5-9-19(14-17)28(26,27)24-13-11-16-6-1-2-10-20(16)24/h1-10,12,14H,11,13,15H2,(H,23,25). The number of carbonyl (C=O) groups is 1. The normalized spacial score (nSPS) is 13.2. The fraction of sp³-hybridized carbons (Fsp3) is 0.143. The van der Waals surface area contributed by atoms with Gasteiger partial charge in [-0.3, -0.25) is 14.1 Å². The Bertz CT molecular complexity index is 1110. The van der Waals surface area contributed by atoms with E-state index in [9.17, 15) is 13.2 Å². The Kier molecular flexibility index (Phi) is 4.83. The number of rotatable bonds is 5. The lowest BCUT2D eigenvalue weighted by Gasteiger charge is -2.20. The molecule has 4 rings (SSSR count). The third-order valence-corrected chi connectivity index (χ3v) is 6.49. The summed E-state index contributed by atoms with van der Waals surface area (Å²) in [4.78, 5) is 16.7. The monoisotopic (exact) mass is 393 g/mol. The number of pyridine rings is 1. The maximum atomic E-state index is 13.1. The van der Waals surface area contributed by atoms with Gasteiger partial charge in [-0.25, -0.2) is 8.42 Å². The van der Waals surface area contributed by atoms with E-state index in [0.29, 0.717) is 24.2 Å². The molecule has 28 heavy (non-hydrogen) atoms. The van der Waals surface area contributed by atoms with Crippen LogP contribution in [0.1, 0.15) is 21.6 Å². The minimum atomic E-state index is -3.73. The Morgan fingerprint density at radius 3 is 2.68 bits per heavy atom. The lowest BCUT2D eigenvalue weighted by molar-refractivity contribution is 0.0950. The van der Waals surface area contributed by atoms with Crippen LogP contribution < -0.4 is 9.62 Å². The fourth-order valence-electron chi connectivity index (χ4n) is 3.26. The topological polar surface area (TPSA) is 79.4 Å². The highest BCUT2D eigenvalue weighted by atomic mass is 32.2. The maximum absolute atomic E-state index is 13.1. The van der Waals surface area contributed by atoms with Gasteiger partial charge in [0, 0.05) is 18.3 Å². The molecule has 7 heteroatoms. The number of para-hydroxylation sites is 1. The Morgan fingerprint density at radius 1 is 1.04 bits per heavy atom. The van der Waals surface area contributed by atoms with E-state index in [2.05, 4.69) is 10.3 Å². The minimum absolute atomic E-state index is 0.106. The van der Waals surface area contributed by atoms with E-state index in [1.54, 1.807) is 24.4 Å². The Morgan fingerprint density at radius 2 is 1.86 bits per heavy atom. The van der Waals surface area contributed by atoms with Gasteiger partial charge in [0.2, 0.25) is 0 Å². The summed E-state index contributed by atoms with van der Waals surface area (Å²) < 4.78 is 27.7. The molecule has 0 unspecified atom stereocenters. The van der Waals surface area contributed by atoms with Crippen LogP contribution in [-0.2, 0) is 23.0 Å². The summed E-state index contributed by atoms with van der Waals surface area (Å²) in [5.74, 6) is -0.343. The first-order chi connectivity index (χ1) is 13.6. The molecule has 0 fully saturated rings. The number of hydrogen-bond acceptors (Lipinski definition) is 4. The van der Waals surface area contributed by atoms with E-state index in [0.717, 1.165) is 11.3 Å². The van der Waals surface area contributed by atoms with Crippen LogP contribution in [-0.4, -0.2) is 25.9 Å². The van der Waals surface area contributed by atoms with Gasteiger partial charge in [0.25, 0.3) is 15.9 Å². The molecule has 1 aliphatic heterocycles. The molecule has 0 bridgehead atoms. The third kappa shape index (κ3) is 3.48. The average Bonchev–Trinajstić information content (AvgIpc) is 3.18. The van der Waals surface area contributed by atoms with Crippen LogP contribution in [0.2, 0.25) is 0 Å². The zero-order valence-electron chi connectivity index (χ0n) is 15.1. The first-order valence-electron chi connectivity index (χ1n) is 8.94. The molecule has 0 radical (unpaired) electrons. The summed E-state index contributed by atoms with van der Waals surface area (Å²) in [5.41, 5.74) is 2.74. The molecule has 1 aliphatic rings. The number of benzene rings is 2. The molecule has 0 aliphatic carbocycles. The van der Waals surface area contributed by atoms with Gasteiger partial charge in [0.15, 0.2) is 0 Å². The van der Waals surface area contributed by atoms with Crippen molar-refractivity contribution in [1.29, 1.82) is 0 Å². The van der Waals surface area contributed by atoms with E-state index >= 15 is 0 Å². The van der Waals surface area contributed by atoms with Crippen LogP contribution >= 0.6 is 0 Å². The molecule has 0 saturated carbocycles. The van der Waals surface area contributed by atoms with Gasteiger partial charge < -0.3 is 5.32 Å². The second-order valence-electron chi connectivity index (χ2n) is 6.49. The quantitative estimate of drug-likeness (QED) is 0.723. The first kappa shape index (κ1) is 18.2. The van der Waals surface area contributed by atoms with Gasteiger partial charge in [-0.2, -0.15) is 0 Å². The Labute approximate surface area is 163 Å². The number of amides is 1. The SMILES string of the molecule is O=C(NCc1ccccn1)c1cccc(S(=O)(=O)N2CCc3ccccc32)c1. The molecule has 1 aromatic heterocycles. The van der Waals surface area contributed by atoms with Crippen LogP contribution in [0, 0.1) is 0 Å². The lowest BCUT2D eigenvalue weighted by Crippen LogP contribution is -2.29. The van der Waals surface area contributed by atoms with E-state index in [1.807, 2.05) is 36.4 Å². The van der Waals surface area contributed by atoms with Gasteiger partial charge in [-0.1, -0.05) is 30.3 Å². The minimum Gasteiger partial charge on any atom is -0.346 e. The second kappa shape index (κ2) is 7.44. The molecule has 0 saturated heterocycles. The number of fused-ring (bicyclic) bond motifs is 1. The smallest absolute Gasteiger partial charge is 0.264 e. The van der Waals surface area contributed by atoms with Crippen LogP contribution in [0.4, 0.5) is 5.69 Å². The highest BCUT2D eigenvalue weighted by molar-refractivity contribution is 7.92. The predicted octanol–water partition coefficient (Wildman–Crippen LogP) is 2.76. The molecular formula is C21H19N3O3S. The van der Waals surface area contributed by atoms with E-state index in [-0.39, 0.29) is 17.3 Å². The highest BCUT2D eigenvalue weighted by Crippen LogP contribution is 2.32. The average molecular weight is 393 g/mol. The van der Waals surface area contributed by atoms with Crippen LogP contribution in [0.3, 0.4) is 0 Å². The number of nitrogens with one attached hydrogen (secondary N) is 1. The highest BCUT2D eigenvalue weighted by Gasteiger charge is 2.30. The van der Waals surface area contributed by atoms with Crippen molar-refractivity contribution in [3.8, 4) is 0 Å². The van der Waals surface area contributed by atoms with Gasteiger partial charge in [0.1, 0.15) is 0 Å². The fourth-order valence-corrected chi connectivity index (χ4v) is 4.81. The van der Waals surface area contributed by atoms with Crippen LogP contribution in [0.25, 0.3) is 0 Å². The van der Waals surface area contributed by atoms with Crippen LogP contribution in [0.5, 0.6) is 0 Å². The number of carbonyl (C=O) groups excluding carboxylic acids is 1. The molecule has 2 aromatic carbocycles. The van der Waals surface area contributed by atoms with Crippen molar-refractivity contribution >= 4 is 21.6 Å². The van der Waals surface area contributed by atoms with Crippen molar-refractivity contribution in [1.82, 2.24) is 10.3 Å². The zero-order valence-corrected chi connectivity index (χ0v) is 15.9. The van der Waals surface area contributed by atoms with Crippen molar-refractivity contribution in [2.45, 2.75) is 17.9 Å². The summed E-state index contributed by atoms with van der Waals surface area (Å²) in [7, 11) is -3.73. The summed E-state index contributed by atoms with van der Waals surface area (Å²) in [6.45, 7) is 0.675.